The summed E-state index contributed by atoms with van der Waals surface area (Å²) in [5, 5.41) is 5.83. The Hall–Kier alpha value is -3.23. The predicted molar refractivity (Wildman–Crippen MR) is 115 cm³/mol. The summed E-state index contributed by atoms with van der Waals surface area (Å²) in [5.41, 5.74) is 1.47. The van der Waals surface area contributed by atoms with Crippen LogP contribution < -0.4 is 10.6 Å². The molecule has 0 saturated carbocycles. The molecule has 0 atom stereocenters. The van der Waals surface area contributed by atoms with E-state index in [-0.39, 0.29) is 5.69 Å². The molecule has 158 valence electrons. The number of hydrogen-bond donors (Lipinski definition) is 2. The number of hydrogen-bond acceptors (Lipinski definition) is 2. The van der Waals surface area contributed by atoms with Gasteiger partial charge < -0.3 is 10.6 Å². The highest BCUT2D eigenvalue weighted by molar-refractivity contribution is 6.42. The van der Waals surface area contributed by atoms with Crippen molar-refractivity contribution in [2.45, 2.75) is 6.18 Å². The van der Waals surface area contributed by atoms with E-state index >= 15 is 0 Å². The second-order valence-electron chi connectivity index (χ2n) is 6.55. The number of halogens is 5. The van der Waals surface area contributed by atoms with Crippen molar-refractivity contribution in [2.75, 3.05) is 10.6 Å². The lowest BCUT2D eigenvalue weighted by molar-refractivity contribution is -0.137. The summed E-state index contributed by atoms with van der Waals surface area (Å²) in [6.07, 6.45) is -1.13. The highest BCUT2D eigenvalue weighted by Crippen LogP contribution is 2.32. The zero-order chi connectivity index (χ0) is 22.2. The van der Waals surface area contributed by atoms with Crippen LogP contribution in [0.5, 0.6) is 0 Å². The molecule has 0 aliphatic rings. The Kier molecular flexibility index (Phi) is 5.51. The SMILES string of the molecule is O=C(Nc1cccc(C(F)(F)F)c1)Nc1cccn2c(-c3ccc(Cl)c(Cl)c3)cnc12. The van der Waals surface area contributed by atoms with Crippen LogP contribution in [0.25, 0.3) is 16.9 Å². The smallest absolute Gasteiger partial charge is 0.308 e. The fraction of sp³-hybridized carbons (Fsp3) is 0.0476. The normalized spacial score (nSPS) is 11.5. The second-order valence-corrected chi connectivity index (χ2v) is 7.36. The number of rotatable bonds is 3. The molecule has 4 rings (SSSR count). The minimum atomic E-state index is -4.50. The third kappa shape index (κ3) is 4.45. The van der Waals surface area contributed by atoms with Gasteiger partial charge in [0.05, 0.1) is 33.2 Å². The Morgan fingerprint density at radius 2 is 1.77 bits per heavy atom. The number of anilines is 2. The lowest BCUT2D eigenvalue weighted by Gasteiger charge is -2.11. The molecule has 2 N–H and O–H groups in total. The van der Waals surface area contributed by atoms with E-state index in [1.165, 1.54) is 12.1 Å². The van der Waals surface area contributed by atoms with Crippen molar-refractivity contribution in [3.63, 3.8) is 0 Å². The fourth-order valence-electron chi connectivity index (χ4n) is 3.04. The standard InChI is InChI=1S/C21H13Cl2F3N4O/c22-15-7-6-12(9-16(15)23)18-11-27-19-17(5-2-8-30(18)19)29-20(31)28-14-4-1-3-13(10-14)21(24,25)26/h1-11H,(H2,28,29,31). The number of nitrogens with zero attached hydrogens (tertiary/aromatic N) is 2. The zero-order valence-electron chi connectivity index (χ0n) is 15.5. The van der Waals surface area contributed by atoms with Crippen molar-refractivity contribution in [3.05, 3.63) is 82.6 Å². The van der Waals surface area contributed by atoms with E-state index in [0.717, 1.165) is 23.4 Å². The molecule has 31 heavy (non-hydrogen) atoms. The van der Waals surface area contributed by atoms with Crippen LogP contribution in [-0.2, 0) is 6.18 Å². The molecule has 0 aliphatic carbocycles. The maximum absolute atomic E-state index is 12.9. The van der Waals surface area contributed by atoms with Gasteiger partial charge in [0.25, 0.3) is 0 Å². The molecule has 2 heterocycles. The molecule has 0 radical (unpaired) electrons. The van der Waals surface area contributed by atoms with E-state index in [9.17, 15) is 18.0 Å². The van der Waals surface area contributed by atoms with Gasteiger partial charge in [-0.15, -0.1) is 0 Å². The molecule has 2 aromatic carbocycles. The summed E-state index contributed by atoms with van der Waals surface area (Å²) in [6, 6.07) is 12.2. The van der Waals surface area contributed by atoms with Crippen molar-refractivity contribution in [1.29, 1.82) is 0 Å². The van der Waals surface area contributed by atoms with Gasteiger partial charge in [-0.05, 0) is 42.5 Å². The average Bonchev–Trinajstić information content (AvgIpc) is 3.15. The van der Waals surface area contributed by atoms with E-state index in [0.29, 0.717) is 21.4 Å². The number of fused-ring (bicyclic) bond motifs is 1. The number of aromatic nitrogens is 2. The summed E-state index contributed by atoms with van der Waals surface area (Å²) in [5.74, 6) is 0. The highest BCUT2D eigenvalue weighted by atomic mass is 35.5. The number of pyridine rings is 1. The first-order valence-corrected chi connectivity index (χ1v) is 9.65. The Balaban J connectivity index is 1.59. The zero-order valence-corrected chi connectivity index (χ0v) is 17.1. The Morgan fingerprint density at radius 1 is 0.968 bits per heavy atom. The average molecular weight is 465 g/mol. The maximum Gasteiger partial charge on any atom is 0.416 e. The number of benzene rings is 2. The molecule has 0 spiro atoms. The van der Waals surface area contributed by atoms with Crippen molar-refractivity contribution < 1.29 is 18.0 Å². The number of nitrogens with one attached hydrogen (secondary N) is 2. The number of carbonyl (C=O) groups is 1. The van der Waals surface area contributed by atoms with Crippen LogP contribution in [0.1, 0.15) is 5.56 Å². The van der Waals surface area contributed by atoms with Crippen LogP contribution in [-0.4, -0.2) is 15.4 Å². The van der Waals surface area contributed by atoms with Gasteiger partial charge in [-0.2, -0.15) is 13.2 Å². The Bertz CT molecular complexity index is 1290. The molecule has 0 unspecified atom stereocenters. The van der Waals surface area contributed by atoms with Gasteiger partial charge in [-0.3, -0.25) is 4.40 Å². The van der Waals surface area contributed by atoms with E-state index in [1.54, 1.807) is 47.1 Å². The minimum absolute atomic E-state index is 0.0131. The number of amides is 2. The number of imidazole rings is 1. The Morgan fingerprint density at radius 3 is 2.52 bits per heavy atom. The first-order chi connectivity index (χ1) is 14.7. The lowest BCUT2D eigenvalue weighted by atomic mass is 10.2. The van der Waals surface area contributed by atoms with Crippen LogP contribution in [0.3, 0.4) is 0 Å². The van der Waals surface area contributed by atoms with Crippen LogP contribution in [0.15, 0.2) is 67.0 Å². The minimum Gasteiger partial charge on any atom is -0.308 e. The largest absolute Gasteiger partial charge is 0.416 e. The summed E-state index contributed by atoms with van der Waals surface area (Å²) >= 11 is 12.1. The third-order valence-electron chi connectivity index (χ3n) is 4.45. The van der Waals surface area contributed by atoms with E-state index < -0.39 is 17.8 Å². The summed E-state index contributed by atoms with van der Waals surface area (Å²) < 4.78 is 40.3. The summed E-state index contributed by atoms with van der Waals surface area (Å²) in [7, 11) is 0. The summed E-state index contributed by atoms with van der Waals surface area (Å²) in [6.45, 7) is 0. The van der Waals surface area contributed by atoms with Gasteiger partial charge in [0.15, 0.2) is 5.65 Å². The van der Waals surface area contributed by atoms with Crippen molar-refractivity contribution in [3.8, 4) is 11.3 Å². The van der Waals surface area contributed by atoms with Gasteiger partial charge in [0, 0.05) is 17.4 Å². The molecule has 5 nitrogen and oxygen atoms in total. The molecule has 2 aromatic heterocycles. The van der Waals surface area contributed by atoms with Gasteiger partial charge >= 0.3 is 12.2 Å². The topological polar surface area (TPSA) is 58.4 Å². The quantitative estimate of drug-likeness (QED) is 0.343. The van der Waals surface area contributed by atoms with E-state index in [1.807, 2.05) is 0 Å². The van der Waals surface area contributed by atoms with Crippen molar-refractivity contribution in [1.82, 2.24) is 9.38 Å². The van der Waals surface area contributed by atoms with Gasteiger partial charge in [0.1, 0.15) is 0 Å². The molecule has 0 bridgehead atoms. The van der Waals surface area contributed by atoms with E-state index in [2.05, 4.69) is 15.6 Å². The van der Waals surface area contributed by atoms with Crippen LogP contribution in [0.4, 0.5) is 29.3 Å². The summed E-state index contributed by atoms with van der Waals surface area (Å²) in [4.78, 5) is 16.7. The van der Waals surface area contributed by atoms with E-state index in [4.69, 9.17) is 23.2 Å². The van der Waals surface area contributed by atoms with Crippen molar-refractivity contribution in [2.24, 2.45) is 0 Å². The molecular formula is C21H13Cl2F3N4O. The molecule has 10 heteroatoms. The fourth-order valence-corrected chi connectivity index (χ4v) is 3.33. The van der Waals surface area contributed by atoms with Gasteiger partial charge in [-0.25, -0.2) is 9.78 Å². The molecular weight excluding hydrogens is 452 g/mol. The monoisotopic (exact) mass is 464 g/mol. The number of urea groups is 1. The third-order valence-corrected chi connectivity index (χ3v) is 5.19. The van der Waals surface area contributed by atoms with Gasteiger partial charge in [0.2, 0.25) is 0 Å². The number of alkyl halides is 3. The molecule has 0 fully saturated rings. The number of carbonyl (C=O) groups excluding carboxylic acids is 1. The maximum atomic E-state index is 12.9. The van der Waals surface area contributed by atoms with Crippen LogP contribution >= 0.6 is 23.2 Å². The first kappa shape index (κ1) is 21.0. The first-order valence-electron chi connectivity index (χ1n) is 8.89. The highest BCUT2D eigenvalue weighted by Gasteiger charge is 2.30. The van der Waals surface area contributed by atoms with Crippen LogP contribution in [0.2, 0.25) is 10.0 Å². The van der Waals surface area contributed by atoms with Crippen LogP contribution in [0, 0.1) is 0 Å². The molecule has 0 saturated heterocycles. The molecule has 4 aromatic rings. The lowest BCUT2D eigenvalue weighted by Crippen LogP contribution is -2.20. The predicted octanol–water partition coefficient (Wildman–Crippen LogP) is 6.97. The molecule has 0 aliphatic heterocycles. The second kappa shape index (κ2) is 8.13. The Labute approximate surface area is 184 Å². The van der Waals surface area contributed by atoms with Gasteiger partial charge in [-0.1, -0.05) is 35.3 Å². The molecule has 2 amide bonds. The van der Waals surface area contributed by atoms with Crippen molar-refractivity contribution >= 4 is 46.3 Å².